The Bertz CT molecular complexity index is 420. The highest BCUT2D eigenvalue weighted by Gasteiger charge is 2.06. The molecule has 5 nitrogen and oxygen atoms in total. The molecular weight excluding hydrogens is 258 g/mol. The zero-order chi connectivity index (χ0) is 14.8. The lowest BCUT2D eigenvalue weighted by molar-refractivity contribution is -0.120. The van der Waals surface area contributed by atoms with Crippen molar-refractivity contribution in [3.63, 3.8) is 0 Å². The maximum Gasteiger partial charge on any atom is 0.219 e. The van der Waals surface area contributed by atoms with E-state index in [9.17, 15) is 9.90 Å². The maximum absolute atomic E-state index is 11.1. The molecule has 0 heterocycles. The number of aliphatic hydroxyl groups is 1. The lowest BCUT2D eigenvalue weighted by atomic mass is 10.2. The Morgan fingerprint density at radius 1 is 1.30 bits per heavy atom. The van der Waals surface area contributed by atoms with Crippen LogP contribution in [-0.2, 0) is 11.4 Å². The summed E-state index contributed by atoms with van der Waals surface area (Å²) in [5.41, 5.74) is 0.716. The Hall–Kier alpha value is -1.75. The van der Waals surface area contributed by atoms with Gasteiger partial charge in [-0.1, -0.05) is 6.92 Å². The molecule has 0 aromatic heterocycles. The molecule has 5 heteroatoms. The summed E-state index contributed by atoms with van der Waals surface area (Å²) in [6.07, 6.45) is 1.99. The minimum absolute atomic E-state index is 0.00369. The summed E-state index contributed by atoms with van der Waals surface area (Å²) in [6.45, 7) is 3.03. The van der Waals surface area contributed by atoms with E-state index in [4.69, 9.17) is 9.47 Å². The zero-order valence-corrected chi connectivity index (χ0v) is 12.1. The van der Waals surface area contributed by atoms with Crippen molar-refractivity contribution in [3.8, 4) is 11.5 Å². The molecule has 0 unspecified atom stereocenters. The Labute approximate surface area is 119 Å². The first-order valence-corrected chi connectivity index (χ1v) is 6.91. The molecule has 0 fully saturated rings. The van der Waals surface area contributed by atoms with E-state index in [0.29, 0.717) is 37.4 Å². The van der Waals surface area contributed by atoms with Crippen molar-refractivity contribution in [3.05, 3.63) is 23.8 Å². The van der Waals surface area contributed by atoms with E-state index in [1.807, 2.05) is 13.0 Å². The van der Waals surface area contributed by atoms with Crippen LogP contribution in [0, 0.1) is 0 Å². The third-order valence-electron chi connectivity index (χ3n) is 2.77. The highest BCUT2D eigenvalue weighted by Crippen LogP contribution is 2.25. The average molecular weight is 281 g/mol. The molecule has 20 heavy (non-hydrogen) atoms. The standard InChI is InChI=1S/C15H23NO4/c1-3-8-19-13-7-6-12(11-17)14(10-13)20-9-4-5-15(18)16-2/h6-7,10,17H,3-5,8-9,11H2,1-2H3,(H,16,18). The smallest absolute Gasteiger partial charge is 0.219 e. The zero-order valence-electron chi connectivity index (χ0n) is 12.1. The number of rotatable bonds is 9. The van der Waals surface area contributed by atoms with Gasteiger partial charge in [-0.25, -0.2) is 0 Å². The first-order chi connectivity index (χ1) is 9.71. The first-order valence-electron chi connectivity index (χ1n) is 6.91. The Balaban J connectivity index is 2.54. The summed E-state index contributed by atoms with van der Waals surface area (Å²) >= 11 is 0. The van der Waals surface area contributed by atoms with Crippen molar-refractivity contribution in [2.75, 3.05) is 20.3 Å². The van der Waals surface area contributed by atoms with E-state index < -0.39 is 0 Å². The van der Waals surface area contributed by atoms with Gasteiger partial charge in [0.2, 0.25) is 5.91 Å². The monoisotopic (exact) mass is 281 g/mol. The molecule has 1 amide bonds. The molecule has 112 valence electrons. The largest absolute Gasteiger partial charge is 0.493 e. The second-order valence-electron chi connectivity index (χ2n) is 4.40. The lowest BCUT2D eigenvalue weighted by Gasteiger charge is -2.12. The third-order valence-corrected chi connectivity index (χ3v) is 2.77. The number of hydrogen-bond donors (Lipinski definition) is 2. The van der Waals surface area contributed by atoms with Crippen LogP contribution in [0.4, 0.5) is 0 Å². The fourth-order valence-corrected chi connectivity index (χ4v) is 1.65. The van der Waals surface area contributed by atoms with Gasteiger partial charge in [0.05, 0.1) is 19.8 Å². The summed E-state index contributed by atoms with van der Waals surface area (Å²) in [5, 5.41) is 11.8. The predicted octanol–water partition coefficient (Wildman–Crippen LogP) is 1.87. The number of nitrogens with one attached hydrogen (secondary N) is 1. The van der Waals surface area contributed by atoms with Gasteiger partial charge < -0.3 is 19.9 Å². The molecule has 0 aliphatic carbocycles. The minimum atomic E-state index is -0.0845. The molecule has 0 bridgehead atoms. The summed E-state index contributed by atoms with van der Waals surface area (Å²) in [5.74, 6) is 1.33. The van der Waals surface area contributed by atoms with Crippen molar-refractivity contribution >= 4 is 5.91 Å². The number of aliphatic hydroxyl groups excluding tert-OH is 1. The van der Waals surface area contributed by atoms with E-state index in [1.54, 1.807) is 19.2 Å². The average Bonchev–Trinajstić information content (AvgIpc) is 2.49. The molecule has 0 saturated carbocycles. The summed E-state index contributed by atoms with van der Waals surface area (Å²) in [4.78, 5) is 11.1. The van der Waals surface area contributed by atoms with Gasteiger partial charge in [-0.15, -0.1) is 0 Å². The number of carbonyl (C=O) groups is 1. The maximum atomic E-state index is 11.1. The van der Waals surface area contributed by atoms with Gasteiger partial charge in [0.1, 0.15) is 11.5 Å². The van der Waals surface area contributed by atoms with Gasteiger partial charge in [0.15, 0.2) is 0 Å². The van der Waals surface area contributed by atoms with E-state index in [-0.39, 0.29) is 12.5 Å². The normalized spacial score (nSPS) is 10.2. The van der Waals surface area contributed by atoms with Crippen molar-refractivity contribution < 1.29 is 19.4 Å². The molecule has 1 rings (SSSR count). The van der Waals surface area contributed by atoms with Crippen LogP contribution in [0.3, 0.4) is 0 Å². The SMILES string of the molecule is CCCOc1ccc(CO)c(OCCCC(=O)NC)c1. The number of carbonyl (C=O) groups excluding carboxylic acids is 1. The fraction of sp³-hybridized carbons (Fsp3) is 0.533. The van der Waals surface area contributed by atoms with Crippen LogP contribution in [0.5, 0.6) is 11.5 Å². The Morgan fingerprint density at radius 3 is 2.75 bits per heavy atom. The van der Waals surface area contributed by atoms with Gasteiger partial charge in [-0.3, -0.25) is 4.79 Å². The lowest BCUT2D eigenvalue weighted by Crippen LogP contribution is -2.18. The van der Waals surface area contributed by atoms with Crippen molar-refractivity contribution in [2.24, 2.45) is 0 Å². The number of ether oxygens (including phenoxy) is 2. The molecule has 0 atom stereocenters. The van der Waals surface area contributed by atoms with Crippen LogP contribution in [0.25, 0.3) is 0 Å². The van der Waals surface area contributed by atoms with E-state index in [0.717, 1.165) is 12.2 Å². The first kappa shape index (κ1) is 16.3. The van der Waals surface area contributed by atoms with Crippen molar-refractivity contribution in [1.82, 2.24) is 5.32 Å². The fourth-order valence-electron chi connectivity index (χ4n) is 1.65. The quantitative estimate of drug-likeness (QED) is 0.678. The van der Waals surface area contributed by atoms with Crippen molar-refractivity contribution in [2.45, 2.75) is 32.8 Å². The highest BCUT2D eigenvalue weighted by atomic mass is 16.5. The number of amides is 1. The molecular formula is C15H23NO4. The topological polar surface area (TPSA) is 67.8 Å². The molecule has 0 aliphatic heterocycles. The molecule has 0 spiro atoms. The van der Waals surface area contributed by atoms with Crippen LogP contribution in [-0.4, -0.2) is 31.3 Å². The van der Waals surface area contributed by atoms with E-state index in [1.165, 1.54) is 0 Å². The molecule has 2 N–H and O–H groups in total. The molecule has 0 saturated heterocycles. The predicted molar refractivity (Wildman–Crippen MR) is 76.9 cm³/mol. The Kier molecular flexibility index (Phi) is 7.50. The Morgan fingerprint density at radius 2 is 2.10 bits per heavy atom. The third kappa shape index (κ3) is 5.48. The van der Waals surface area contributed by atoms with E-state index in [2.05, 4.69) is 5.32 Å². The van der Waals surface area contributed by atoms with Crippen LogP contribution < -0.4 is 14.8 Å². The second kappa shape index (κ2) is 9.20. The van der Waals surface area contributed by atoms with Crippen LogP contribution in [0.2, 0.25) is 0 Å². The van der Waals surface area contributed by atoms with Crippen molar-refractivity contribution in [1.29, 1.82) is 0 Å². The number of hydrogen-bond acceptors (Lipinski definition) is 4. The van der Waals surface area contributed by atoms with Crippen LogP contribution >= 0.6 is 0 Å². The van der Waals surface area contributed by atoms with Gasteiger partial charge in [0.25, 0.3) is 0 Å². The van der Waals surface area contributed by atoms with Gasteiger partial charge >= 0.3 is 0 Å². The van der Waals surface area contributed by atoms with E-state index >= 15 is 0 Å². The highest BCUT2D eigenvalue weighted by molar-refractivity contribution is 5.75. The molecule has 1 aromatic rings. The molecule has 1 aromatic carbocycles. The summed E-state index contributed by atoms with van der Waals surface area (Å²) < 4.78 is 11.2. The summed E-state index contributed by atoms with van der Waals surface area (Å²) in [7, 11) is 1.61. The van der Waals surface area contributed by atoms with Gasteiger partial charge in [0, 0.05) is 25.1 Å². The number of benzene rings is 1. The van der Waals surface area contributed by atoms with Gasteiger partial charge in [-0.2, -0.15) is 0 Å². The van der Waals surface area contributed by atoms with Crippen LogP contribution in [0.15, 0.2) is 18.2 Å². The minimum Gasteiger partial charge on any atom is -0.493 e. The summed E-state index contributed by atoms with van der Waals surface area (Å²) in [6, 6.07) is 5.39. The molecule has 0 aliphatic rings. The molecule has 0 radical (unpaired) electrons. The second-order valence-corrected chi connectivity index (χ2v) is 4.40. The van der Waals surface area contributed by atoms with Crippen LogP contribution in [0.1, 0.15) is 31.7 Å². The van der Waals surface area contributed by atoms with Gasteiger partial charge in [-0.05, 0) is 25.0 Å².